The topological polar surface area (TPSA) is 68.2 Å². The summed E-state index contributed by atoms with van der Waals surface area (Å²) in [7, 11) is 0. The van der Waals surface area contributed by atoms with Crippen LogP contribution in [0, 0.1) is 6.92 Å². The average molecular weight is 272 g/mol. The molecule has 5 heteroatoms. The predicted octanol–water partition coefficient (Wildman–Crippen LogP) is 1.97. The lowest BCUT2D eigenvalue weighted by Crippen LogP contribution is -2.42. The van der Waals surface area contributed by atoms with Gasteiger partial charge in [0, 0.05) is 18.2 Å². The van der Waals surface area contributed by atoms with E-state index in [0.29, 0.717) is 18.3 Å². The van der Waals surface area contributed by atoms with Crippen molar-refractivity contribution in [3.63, 3.8) is 0 Å². The summed E-state index contributed by atoms with van der Waals surface area (Å²) < 4.78 is 5.76. The van der Waals surface area contributed by atoms with Crippen LogP contribution in [0.2, 0.25) is 0 Å². The van der Waals surface area contributed by atoms with Crippen LogP contribution >= 0.6 is 0 Å². The lowest BCUT2D eigenvalue weighted by molar-refractivity contribution is 0.185. The van der Waals surface area contributed by atoms with Crippen LogP contribution in [0.3, 0.4) is 0 Å². The van der Waals surface area contributed by atoms with E-state index >= 15 is 0 Å². The molecule has 1 aromatic carbocycles. The van der Waals surface area contributed by atoms with Gasteiger partial charge >= 0.3 is 0 Å². The van der Waals surface area contributed by atoms with Crippen molar-refractivity contribution in [2.45, 2.75) is 32.4 Å². The lowest BCUT2D eigenvalue weighted by atomic mass is 10.1. The van der Waals surface area contributed by atoms with Gasteiger partial charge in [-0.2, -0.15) is 0 Å². The summed E-state index contributed by atoms with van der Waals surface area (Å²) in [5.41, 5.74) is 8.14. The van der Waals surface area contributed by atoms with Crippen LogP contribution in [0.1, 0.15) is 24.3 Å². The molecule has 1 aliphatic heterocycles. The second-order valence-electron chi connectivity index (χ2n) is 5.51. The Bertz CT molecular complexity index is 581. The molecule has 0 aliphatic carbocycles. The maximum Gasteiger partial charge on any atom is 0.247 e. The van der Waals surface area contributed by atoms with E-state index in [2.05, 4.69) is 28.1 Å². The zero-order valence-electron chi connectivity index (χ0n) is 11.7. The number of nitrogens with zero attached hydrogens (tertiary/aromatic N) is 3. The van der Waals surface area contributed by atoms with Crippen molar-refractivity contribution in [3.8, 4) is 11.5 Å². The van der Waals surface area contributed by atoms with Gasteiger partial charge in [0.05, 0.1) is 6.54 Å². The first kappa shape index (κ1) is 13.3. The summed E-state index contributed by atoms with van der Waals surface area (Å²) in [6, 6.07) is 8.35. The van der Waals surface area contributed by atoms with E-state index in [1.54, 1.807) is 0 Å². The first-order chi connectivity index (χ1) is 9.70. The second kappa shape index (κ2) is 5.73. The summed E-state index contributed by atoms with van der Waals surface area (Å²) in [6.07, 6.45) is 2.24. The Morgan fingerprint density at radius 3 is 3.10 bits per heavy atom. The third-order valence-electron chi connectivity index (χ3n) is 3.63. The van der Waals surface area contributed by atoms with Crippen molar-refractivity contribution in [2.24, 2.45) is 5.73 Å². The van der Waals surface area contributed by atoms with E-state index in [-0.39, 0.29) is 6.04 Å². The minimum atomic E-state index is 0.267. The summed E-state index contributed by atoms with van der Waals surface area (Å²) >= 11 is 0. The molecule has 0 saturated carbocycles. The fourth-order valence-corrected chi connectivity index (χ4v) is 2.64. The van der Waals surface area contributed by atoms with E-state index in [0.717, 1.165) is 31.5 Å². The van der Waals surface area contributed by atoms with Crippen LogP contribution in [0.25, 0.3) is 11.5 Å². The van der Waals surface area contributed by atoms with Gasteiger partial charge in [-0.1, -0.05) is 17.7 Å². The fourth-order valence-electron chi connectivity index (χ4n) is 2.64. The molecule has 2 heterocycles. The Hall–Kier alpha value is -1.72. The van der Waals surface area contributed by atoms with Crippen LogP contribution in [-0.2, 0) is 6.54 Å². The van der Waals surface area contributed by atoms with Gasteiger partial charge in [0.25, 0.3) is 0 Å². The summed E-state index contributed by atoms with van der Waals surface area (Å²) in [5, 5.41) is 8.28. The fraction of sp³-hybridized carbons (Fsp3) is 0.467. The Morgan fingerprint density at radius 1 is 1.40 bits per heavy atom. The number of aromatic nitrogens is 2. The number of rotatable bonds is 3. The smallest absolute Gasteiger partial charge is 0.247 e. The molecule has 2 aromatic rings. The Morgan fingerprint density at radius 2 is 2.30 bits per heavy atom. The number of hydrogen-bond donors (Lipinski definition) is 1. The molecule has 0 unspecified atom stereocenters. The first-order valence-corrected chi connectivity index (χ1v) is 7.08. The highest BCUT2D eigenvalue weighted by molar-refractivity contribution is 5.53. The number of nitrogens with two attached hydrogens (primary N) is 1. The Labute approximate surface area is 118 Å². The van der Waals surface area contributed by atoms with Crippen molar-refractivity contribution in [1.29, 1.82) is 0 Å². The molecule has 1 aromatic heterocycles. The Kier molecular flexibility index (Phi) is 3.80. The van der Waals surface area contributed by atoms with Crippen molar-refractivity contribution >= 4 is 0 Å². The van der Waals surface area contributed by atoms with Crippen LogP contribution in [0.4, 0.5) is 0 Å². The molecule has 0 radical (unpaired) electrons. The van der Waals surface area contributed by atoms with Crippen LogP contribution in [-0.4, -0.2) is 34.2 Å². The standard InChI is InChI=1S/C15H20N4O/c1-11-4-2-5-12(8-11)15-18-17-14(20-15)10-19-7-3-6-13(16)9-19/h2,4-5,8,13H,3,6-7,9-10,16H2,1H3/t13-/m1/s1. The lowest BCUT2D eigenvalue weighted by Gasteiger charge is -2.29. The third kappa shape index (κ3) is 3.05. The van der Waals surface area contributed by atoms with Gasteiger partial charge in [-0.3, -0.25) is 4.90 Å². The molecule has 1 saturated heterocycles. The van der Waals surface area contributed by atoms with Crippen LogP contribution in [0.15, 0.2) is 28.7 Å². The quantitative estimate of drug-likeness (QED) is 0.925. The highest BCUT2D eigenvalue weighted by Gasteiger charge is 2.19. The molecular formula is C15H20N4O. The summed E-state index contributed by atoms with van der Waals surface area (Å²) in [5.74, 6) is 1.25. The second-order valence-corrected chi connectivity index (χ2v) is 5.51. The minimum absolute atomic E-state index is 0.267. The largest absolute Gasteiger partial charge is 0.419 e. The molecule has 106 valence electrons. The maximum atomic E-state index is 5.98. The first-order valence-electron chi connectivity index (χ1n) is 7.08. The van der Waals surface area contributed by atoms with Gasteiger partial charge in [0.15, 0.2) is 0 Å². The molecule has 1 aliphatic rings. The number of aryl methyl sites for hydroxylation is 1. The van der Waals surface area contributed by atoms with E-state index in [1.165, 1.54) is 5.56 Å². The van der Waals surface area contributed by atoms with Gasteiger partial charge < -0.3 is 10.2 Å². The van der Waals surface area contributed by atoms with Crippen molar-refractivity contribution in [1.82, 2.24) is 15.1 Å². The van der Waals surface area contributed by atoms with Crippen molar-refractivity contribution < 1.29 is 4.42 Å². The third-order valence-corrected chi connectivity index (χ3v) is 3.63. The molecule has 5 nitrogen and oxygen atoms in total. The monoisotopic (exact) mass is 272 g/mol. The predicted molar refractivity (Wildman–Crippen MR) is 77.0 cm³/mol. The van der Waals surface area contributed by atoms with Crippen molar-refractivity contribution in [3.05, 3.63) is 35.7 Å². The number of piperidine rings is 1. The molecular weight excluding hydrogens is 252 g/mol. The average Bonchev–Trinajstić information content (AvgIpc) is 2.87. The molecule has 20 heavy (non-hydrogen) atoms. The highest BCUT2D eigenvalue weighted by atomic mass is 16.4. The molecule has 2 N–H and O–H groups in total. The van der Waals surface area contributed by atoms with Crippen LogP contribution < -0.4 is 5.73 Å². The van der Waals surface area contributed by atoms with Gasteiger partial charge in [-0.05, 0) is 38.4 Å². The maximum absolute atomic E-state index is 5.98. The van der Waals surface area contributed by atoms with Gasteiger partial charge in [-0.15, -0.1) is 10.2 Å². The SMILES string of the molecule is Cc1cccc(-c2nnc(CN3CCC[C@@H](N)C3)o2)c1. The number of benzene rings is 1. The molecule has 0 amide bonds. The van der Waals surface area contributed by atoms with E-state index in [1.807, 2.05) is 18.2 Å². The van der Waals surface area contributed by atoms with Gasteiger partial charge in [0.2, 0.25) is 11.8 Å². The molecule has 3 rings (SSSR count). The minimum Gasteiger partial charge on any atom is -0.419 e. The van der Waals surface area contributed by atoms with Crippen molar-refractivity contribution in [2.75, 3.05) is 13.1 Å². The zero-order chi connectivity index (χ0) is 13.9. The van der Waals surface area contributed by atoms with E-state index < -0.39 is 0 Å². The van der Waals surface area contributed by atoms with Crippen LogP contribution in [0.5, 0.6) is 0 Å². The zero-order valence-corrected chi connectivity index (χ0v) is 11.7. The molecule has 0 spiro atoms. The van der Waals surface area contributed by atoms with Gasteiger partial charge in [0.1, 0.15) is 0 Å². The number of likely N-dealkylation sites (tertiary alicyclic amines) is 1. The normalized spacial score (nSPS) is 20.2. The highest BCUT2D eigenvalue weighted by Crippen LogP contribution is 2.20. The van der Waals surface area contributed by atoms with Gasteiger partial charge in [-0.25, -0.2) is 0 Å². The summed E-state index contributed by atoms with van der Waals surface area (Å²) in [4.78, 5) is 2.28. The molecule has 1 fully saturated rings. The number of hydrogen-bond acceptors (Lipinski definition) is 5. The molecule has 1 atom stereocenters. The Balaban J connectivity index is 1.70. The van der Waals surface area contributed by atoms with E-state index in [9.17, 15) is 0 Å². The molecule has 0 bridgehead atoms. The van der Waals surface area contributed by atoms with E-state index in [4.69, 9.17) is 10.2 Å². The summed E-state index contributed by atoms with van der Waals surface area (Å²) in [6.45, 7) is 4.69.